The second-order valence-corrected chi connectivity index (χ2v) is 6.92. The third-order valence-electron chi connectivity index (χ3n) is 4.17. The molecule has 2 unspecified atom stereocenters. The molecule has 2 N–H and O–H groups in total. The second-order valence-electron chi connectivity index (χ2n) is 5.58. The fourth-order valence-corrected chi connectivity index (χ4v) is 4.51. The average Bonchev–Trinajstić information content (AvgIpc) is 2.88. The largest absolute Gasteiger partial charge is 0.330 e. The molecule has 0 spiro atoms. The third-order valence-corrected chi connectivity index (χ3v) is 5.52. The van der Waals surface area contributed by atoms with Gasteiger partial charge < -0.3 is 5.73 Å². The van der Waals surface area contributed by atoms with Crippen LogP contribution in [0.25, 0.3) is 0 Å². The highest BCUT2D eigenvalue weighted by Crippen LogP contribution is 2.41. The van der Waals surface area contributed by atoms with E-state index in [0.29, 0.717) is 11.2 Å². The van der Waals surface area contributed by atoms with E-state index in [1.54, 1.807) is 0 Å². The van der Waals surface area contributed by atoms with E-state index in [1.807, 2.05) is 11.8 Å². The summed E-state index contributed by atoms with van der Waals surface area (Å²) in [6.07, 6.45) is 2.35. The van der Waals surface area contributed by atoms with Crippen LogP contribution in [0.5, 0.6) is 0 Å². The van der Waals surface area contributed by atoms with Gasteiger partial charge in [-0.2, -0.15) is 0 Å². The summed E-state index contributed by atoms with van der Waals surface area (Å²) < 4.78 is 0. The molecule has 2 atom stereocenters. The summed E-state index contributed by atoms with van der Waals surface area (Å²) in [6, 6.07) is 17.4. The summed E-state index contributed by atoms with van der Waals surface area (Å²) in [5.41, 5.74) is 10.3. The average molecular weight is 283 g/mol. The van der Waals surface area contributed by atoms with Crippen LogP contribution >= 0.6 is 11.8 Å². The van der Waals surface area contributed by atoms with Gasteiger partial charge in [0.25, 0.3) is 0 Å². The molecule has 0 aliphatic carbocycles. The van der Waals surface area contributed by atoms with E-state index in [0.717, 1.165) is 6.54 Å². The van der Waals surface area contributed by atoms with Gasteiger partial charge in [0, 0.05) is 10.1 Å². The van der Waals surface area contributed by atoms with Gasteiger partial charge in [-0.3, -0.25) is 0 Å². The zero-order valence-electron chi connectivity index (χ0n) is 11.9. The molecule has 0 saturated heterocycles. The van der Waals surface area contributed by atoms with Crippen molar-refractivity contribution in [1.29, 1.82) is 0 Å². The Balaban J connectivity index is 1.73. The molecule has 0 amide bonds. The lowest BCUT2D eigenvalue weighted by Gasteiger charge is -2.20. The van der Waals surface area contributed by atoms with Crippen molar-refractivity contribution in [3.8, 4) is 0 Å². The molecule has 2 aromatic carbocycles. The molecule has 1 aliphatic rings. The number of rotatable bonds is 4. The van der Waals surface area contributed by atoms with E-state index in [1.165, 1.54) is 34.4 Å². The first-order valence-electron chi connectivity index (χ1n) is 7.28. The zero-order valence-corrected chi connectivity index (χ0v) is 12.7. The lowest BCUT2D eigenvalue weighted by molar-refractivity contribution is 0.611. The monoisotopic (exact) mass is 283 g/mol. The van der Waals surface area contributed by atoms with E-state index in [2.05, 4.69) is 55.5 Å². The number of aryl methyl sites for hydroxylation is 1. The molecule has 0 fully saturated rings. The Hall–Kier alpha value is -1.25. The molecule has 1 heterocycles. The Morgan fingerprint density at radius 1 is 1.15 bits per heavy atom. The van der Waals surface area contributed by atoms with Crippen molar-refractivity contribution in [3.05, 3.63) is 65.2 Å². The Bertz CT molecular complexity index is 568. The van der Waals surface area contributed by atoms with Crippen LogP contribution in [0.3, 0.4) is 0 Å². The third kappa shape index (κ3) is 2.77. The van der Waals surface area contributed by atoms with Crippen molar-refractivity contribution in [1.82, 2.24) is 0 Å². The fraction of sp³-hybridized carbons (Fsp3) is 0.333. The Kier molecular flexibility index (Phi) is 4.13. The lowest BCUT2D eigenvalue weighted by Crippen LogP contribution is -2.18. The van der Waals surface area contributed by atoms with Gasteiger partial charge in [0.2, 0.25) is 0 Å². The van der Waals surface area contributed by atoms with Crippen LogP contribution in [-0.4, -0.2) is 11.8 Å². The molecule has 1 nitrogen and oxygen atoms in total. The number of fused-ring (bicyclic) bond motifs is 1. The number of nitrogens with two attached hydrogens (primary N) is 1. The maximum absolute atomic E-state index is 6.05. The maximum Gasteiger partial charge on any atom is 0.0142 e. The van der Waals surface area contributed by atoms with Gasteiger partial charge in [0.1, 0.15) is 0 Å². The summed E-state index contributed by atoms with van der Waals surface area (Å²) in [5.74, 6) is 0.475. The van der Waals surface area contributed by atoms with Crippen LogP contribution < -0.4 is 5.73 Å². The lowest BCUT2D eigenvalue weighted by atomic mass is 9.89. The van der Waals surface area contributed by atoms with Crippen molar-refractivity contribution in [2.45, 2.75) is 35.8 Å². The summed E-state index contributed by atoms with van der Waals surface area (Å²) in [4.78, 5) is 1.46. The number of hydrogen-bond donors (Lipinski definition) is 1. The first kappa shape index (κ1) is 13.7. The predicted molar refractivity (Wildman–Crippen MR) is 87.4 cm³/mol. The summed E-state index contributed by atoms with van der Waals surface area (Å²) in [5, 5.41) is 0.667. The first-order valence-corrected chi connectivity index (χ1v) is 8.16. The molecule has 2 aromatic rings. The van der Waals surface area contributed by atoms with Gasteiger partial charge in [0.05, 0.1) is 0 Å². The quantitative estimate of drug-likeness (QED) is 0.912. The molecule has 104 valence electrons. The van der Waals surface area contributed by atoms with Gasteiger partial charge in [0.15, 0.2) is 0 Å². The van der Waals surface area contributed by atoms with Gasteiger partial charge in [-0.1, -0.05) is 42.5 Å². The molecule has 0 aromatic heterocycles. The highest BCUT2D eigenvalue weighted by atomic mass is 32.2. The summed E-state index contributed by atoms with van der Waals surface area (Å²) in [7, 11) is 0. The molecule has 0 radical (unpaired) electrons. The molecular weight excluding hydrogens is 262 g/mol. The zero-order chi connectivity index (χ0) is 13.9. The van der Waals surface area contributed by atoms with E-state index < -0.39 is 0 Å². The predicted octanol–water partition coefficient (Wildman–Crippen LogP) is 4.14. The van der Waals surface area contributed by atoms with Crippen molar-refractivity contribution in [2.75, 3.05) is 6.54 Å². The second kappa shape index (κ2) is 6.02. The van der Waals surface area contributed by atoms with E-state index in [-0.39, 0.29) is 0 Å². The Morgan fingerprint density at radius 3 is 2.65 bits per heavy atom. The minimum absolute atomic E-state index is 0.475. The molecular formula is C18H21NS. The van der Waals surface area contributed by atoms with Crippen LogP contribution in [0.15, 0.2) is 53.4 Å². The standard InChI is InChI=1S/C18H21NS/c1-13-6-2-4-8-17(13)15(12-19)11-16-10-14-7-3-5-9-18(14)20-16/h2-9,15-16H,10-12,19H2,1H3. The first-order chi connectivity index (χ1) is 9.78. The SMILES string of the molecule is Cc1ccccc1C(CN)CC1Cc2ccccc2S1. The van der Waals surface area contributed by atoms with E-state index >= 15 is 0 Å². The maximum atomic E-state index is 6.05. The molecule has 3 rings (SSSR count). The number of benzene rings is 2. The van der Waals surface area contributed by atoms with Gasteiger partial charge in [-0.25, -0.2) is 0 Å². The molecule has 1 aliphatic heterocycles. The Morgan fingerprint density at radius 2 is 1.90 bits per heavy atom. The molecule has 20 heavy (non-hydrogen) atoms. The van der Waals surface area contributed by atoms with E-state index in [9.17, 15) is 0 Å². The minimum atomic E-state index is 0.475. The molecule has 2 heteroatoms. The smallest absolute Gasteiger partial charge is 0.0142 e. The van der Waals surface area contributed by atoms with Crippen LogP contribution in [0, 0.1) is 6.92 Å². The van der Waals surface area contributed by atoms with E-state index in [4.69, 9.17) is 5.73 Å². The van der Waals surface area contributed by atoms with Gasteiger partial charge >= 0.3 is 0 Å². The minimum Gasteiger partial charge on any atom is -0.330 e. The Labute approximate surface area is 125 Å². The van der Waals surface area contributed by atoms with Crippen LogP contribution in [0.4, 0.5) is 0 Å². The summed E-state index contributed by atoms with van der Waals surface area (Å²) in [6.45, 7) is 2.92. The highest BCUT2D eigenvalue weighted by Gasteiger charge is 2.25. The van der Waals surface area contributed by atoms with Gasteiger partial charge in [-0.15, -0.1) is 11.8 Å². The van der Waals surface area contributed by atoms with Crippen LogP contribution in [0.1, 0.15) is 29.0 Å². The summed E-state index contributed by atoms with van der Waals surface area (Å²) >= 11 is 2.02. The normalized spacial score (nSPS) is 18.8. The van der Waals surface area contributed by atoms with Crippen LogP contribution in [0.2, 0.25) is 0 Å². The fourth-order valence-electron chi connectivity index (χ4n) is 3.10. The molecule has 0 saturated carbocycles. The van der Waals surface area contributed by atoms with Crippen molar-refractivity contribution in [3.63, 3.8) is 0 Å². The highest BCUT2D eigenvalue weighted by molar-refractivity contribution is 8.00. The number of hydrogen-bond acceptors (Lipinski definition) is 2. The molecule has 0 bridgehead atoms. The number of thioether (sulfide) groups is 1. The van der Waals surface area contributed by atoms with Crippen molar-refractivity contribution >= 4 is 11.8 Å². The van der Waals surface area contributed by atoms with Crippen molar-refractivity contribution < 1.29 is 0 Å². The topological polar surface area (TPSA) is 26.0 Å². The van der Waals surface area contributed by atoms with Gasteiger partial charge in [-0.05, 0) is 55.0 Å². The van der Waals surface area contributed by atoms with Crippen LogP contribution in [-0.2, 0) is 6.42 Å². The van der Waals surface area contributed by atoms with Crippen molar-refractivity contribution in [2.24, 2.45) is 5.73 Å².